The van der Waals surface area contributed by atoms with E-state index in [4.69, 9.17) is 18.9 Å². The van der Waals surface area contributed by atoms with Crippen LogP contribution in [0.25, 0.3) is 0 Å². The summed E-state index contributed by atoms with van der Waals surface area (Å²) in [6, 6.07) is 10.4. The highest BCUT2D eigenvalue weighted by atomic mass is 16.7. The van der Waals surface area contributed by atoms with Crippen molar-refractivity contribution in [1.82, 2.24) is 14.7 Å². The van der Waals surface area contributed by atoms with Gasteiger partial charge in [0.05, 0.1) is 17.8 Å². The SMILES string of the molecule is CO[C@]1(C)C[C@@H](C)CN(C)[C@H](C2CN(CCc3ccccc3)C2)COC(=O)C(C)(C)C(=O)[C@H](C)[C@H]1O[C@@H]1O[C@H](C)C[C@H](N(C)C)[C@H]1O. The number of Topliss-reactive ketones (excluding diaryl/α,β-unsaturated/α-hetero) is 1. The summed E-state index contributed by atoms with van der Waals surface area (Å²) in [7, 11) is 7.61. The van der Waals surface area contributed by atoms with Crippen LogP contribution in [0.2, 0.25) is 0 Å². The van der Waals surface area contributed by atoms with Crippen molar-refractivity contribution in [3.05, 3.63) is 35.9 Å². The Morgan fingerprint density at radius 2 is 1.70 bits per heavy atom. The van der Waals surface area contributed by atoms with Gasteiger partial charge < -0.3 is 33.9 Å². The van der Waals surface area contributed by atoms with Crippen molar-refractivity contribution < 1.29 is 33.6 Å². The standard InChI is InChI=1S/C37H61N3O7/c1-24-19-37(6,44-10)33(47-34-31(41)29(38(7)8)18-25(2)46-34)26(3)32(42)36(4,5)35(43)45-23-30(39(9)20-24)28-21-40(22-28)17-16-27-14-12-11-13-15-27/h11-15,24-26,28-31,33-34,41H,16-23H2,1-10H3/t24-,25-,26+,29+,30+,31-,33-,34+,37-/m1/s1. The number of benzene rings is 1. The number of methoxy groups -OCH3 is 1. The monoisotopic (exact) mass is 659 g/mol. The van der Waals surface area contributed by atoms with Crippen LogP contribution in [0.15, 0.2) is 30.3 Å². The van der Waals surface area contributed by atoms with Gasteiger partial charge in [0, 0.05) is 57.2 Å². The van der Waals surface area contributed by atoms with Crippen molar-refractivity contribution in [1.29, 1.82) is 0 Å². The molecule has 0 bridgehead atoms. The number of carbonyl (C=O) groups is 2. The molecule has 0 saturated carbocycles. The number of ether oxygens (including phenoxy) is 4. The summed E-state index contributed by atoms with van der Waals surface area (Å²) in [6.07, 6.45) is -0.573. The molecule has 47 heavy (non-hydrogen) atoms. The van der Waals surface area contributed by atoms with E-state index in [0.717, 1.165) is 32.6 Å². The Kier molecular flexibility index (Phi) is 12.7. The normalized spacial score (nSPS) is 37.0. The molecular weight excluding hydrogens is 598 g/mol. The number of hydrogen-bond acceptors (Lipinski definition) is 10. The second kappa shape index (κ2) is 15.7. The highest BCUT2D eigenvalue weighted by molar-refractivity contribution is 6.04. The lowest BCUT2D eigenvalue weighted by atomic mass is 9.74. The Hall–Kier alpha value is -1.92. The van der Waals surface area contributed by atoms with Gasteiger partial charge in [0.25, 0.3) is 0 Å². The van der Waals surface area contributed by atoms with E-state index >= 15 is 0 Å². The second-order valence-electron chi connectivity index (χ2n) is 15.6. The molecule has 0 spiro atoms. The molecule has 0 aliphatic carbocycles. The number of likely N-dealkylation sites (N-methyl/N-ethyl adjacent to an activating group) is 2. The van der Waals surface area contributed by atoms with Crippen molar-refractivity contribution in [2.45, 2.75) is 103 Å². The van der Waals surface area contributed by atoms with E-state index in [1.807, 2.05) is 38.9 Å². The van der Waals surface area contributed by atoms with E-state index in [1.165, 1.54) is 5.56 Å². The zero-order chi connectivity index (χ0) is 34.7. The molecule has 1 aromatic carbocycles. The fraction of sp³-hybridized carbons (Fsp3) is 0.784. The lowest BCUT2D eigenvalue weighted by Gasteiger charge is -2.47. The number of aliphatic hydroxyl groups is 1. The first kappa shape index (κ1) is 37.9. The molecule has 1 N–H and O–H groups in total. The largest absolute Gasteiger partial charge is 0.463 e. The Labute approximate surface area is 283 Å². The van der Waals surface area contributed by atoms with Gasteiger partial charge >= 0.3 is 5.97 Å². The quantitative estimate of drug-likeness (QED) is 0.330. The zero-order valence-electron chi connectivity index (χ0n) is 30.5. The number of esters is 1. The first-order valence-corrected chi connectivity index (χ1v) is 17.5. The topological polar surface area (TPSA) is 101 Å². The molecule has 0 unspecified atom stereocenters. The number of cyclic esters (lactones) is 1. The summed E-state index contributed by atoms with van der Waals surface area (Å²) in [4.78, 5) is 34.7. The van der Waals surface area contributed by atoms with Gasteiger partial charge in [-0.25, -0.2) is 0 Å². The molecule has 3 saturated heterocycles. The second-order valence-corrected chi connectivity index (χ2v) is 15.6. The van der Waals surface area contributed by atoms with Gasteiger partial charge in [-0.1, -0.05) is 44.2 Å². The molecule has 10 heteroatoms. The molecule has 3 fully saturated rings. The third kappa shape index (κ3) is 8.82. The molecule has 0 radical (unpaired) electrons. The number of likely N-dealkylation sites (tertiary alicyclic amines) is 1. The first-order chi connectivity index (χ1) is 22.1. The highest BCUT2D eigenvalue weighted by Crippen LogP contribution is 2.38. The summed E-state index contributed by atoms with van der Waals surface area (Å²) in [5, 5.41) is 11.3. The molecule has 0 aromatic heterocycles. The Morgan fingerprint density at radius 1 is 1.04 bits per heavy atom. The van der Waals surface area contributed by atoms with E-state index in [1.54, 1.807) is 27.9 Å². The number of hydrogen-bond donors (Lipinski definition) is 1. The molecule has 3 heterocycles. The number of carbonyl (C=O) groups excluding carboxylic acids is 2. The van der Waals surface area contributed by atoms with Gasteiger partial charge in [-0.05, 0) is 79.6 Å². The molecule has 0 amide bonds. The maximum absolute atomic E-state index is 14.2. The predicted molar refractivity (Wildman–Crippen MR) is 182 cm³/mol. The molecular formula is C37H61N3O7. The number of rotatable bonds is 8. The summed E-state index contributed by atoms with van der Waals surface area (Å²) < 4.78 is 25.1. The number of aliphatic hydroxyl groups excluding tert-OH is 1. The van der Waals surface area contributed by atoms with Crippen LogP contribution in [0.4, 0.5) is 0 Å². The predicted octanol–water partition coefficient (Wildman–Crippen LogP) is 3.49. The average molecular weight is 660 g/mol. The molecule has 1 aromatic rings. The van der Waals surface area contributed by atoms with E-state index < -0.39 is 41.4 Å². The third-order valence-corrected chi connectivity index (χ3v) is 11.0. The third-order valence-electron chi connectivity index (χ3n) is 11.0. The lowest BCUT2D eigenvalue weighted by molar-refractivity contribution is -0.295. The van der Waals surface area contributed by atoms with Crippen LogP contribution in [0.5, 0.6) is 0 Å². The van der Waals surface area contributed by atoms with Crippen LogP contribution in [0.1, 0.15) is 59.9 Å². The van der Waals surface area contributed by atoms with E-state index in [2.05, 4.69) is 48.0 Å². The maximum Gasteiger partial charge on any atom is 0.319 e. The highest BCUT2D eigenvalue weighted by Gasteiger charge is 2.52. The number of ketones is 1. The fourth-order valence-corrected chi connectivity index (χ4v) is 8.03. The van der Waals surface area contributed by atoms with Crippen molar-refractivity contribution >= 4 is 11.8 Å². The van der Waals surface area contributed by atoms with E-state index in [0.29, 0.717) is 18.8 Å². The maximum atomic E-state index is 14.2. The minimum absolute atomic E-state index is 0.0227. The molecule has 10 nitrogen and oxygen atoms in total. The van der Waals surface area contributed by atoms with Crippen LogP contribution < -0.4 is 0 Å². The molecule has 3 aliphatic heterocycles. The minimum Gasteiger partial charge on any atom is -0.463 e. The van der Waals surface area contributed by atoms with Crippen molar-refractivity contribution in [2.75, 3.05) is 61.0 Å². The summed E-state index contributed by atoms with van der Waals surface area (Å²) in [6.45, 7) is 15.1. The van der Waals surface area contributed by atoms with Gasteiger partial charge in [-0.15, -0.1) is 0 Å². The first-order valence-electron chi connectivity index (χ1n) is 17.5. The average Bonchev–Trinajstić information content (AvgIpc) is 3.00. The number of nitrogens with zero attached hydrogens (tertiary/aromatic N) is 3. The zero-order valence-corrected chi connectivity index (χ0v) is 30.5. The van der Waals surface area contributed by atoms with Crippen LogP contribution in [0, 0.1) is 23.2 Å². The summed E-state index contributed by atoms with van der Waals surface area (Å²) in [5.41, 5.74) is -0.995. The van der Waals surface area contributed by atoms with Gasteiger partial charge in [0.15, 0.2) is 12.1 Å². The summed E-state index contributed by atoms with van der Waals surface area (Å²) in [5.74, 6) is -1.07. The van der Waals surface area contributed by atoms with Crippen molar-refractivity contribution in [3.63, 3.8) is 0 Å². The van der Waals surface area contributed by atoms with E-state index in [9.17, 15) is 14.7 Å². The van der Waals surface area contributed by atoms with Crippen LogP contribution in [-0.4, -0.2) is 135 Å². The Balaban J connectivity index is 1.56. The smallest absolute Gasteiger partial charge is 0.319 e. The lowest BCUT2D eigenvalue weighted by Crippen LogP contribution is -2.59. The van der Waals surface area contributed by atoms with Crippen molar-refractivity contribution in [2.24, 2.45) is 23.2 Å². The molecule has 3 aliphatic rings. The summed E-state index contributed by atoms with van der Waals surface area (Å²) >= 11 is 0. The van der Waals surface area contributed by atoms with Crippen LogP contribution in [0.3, 0.4) is 0 Å². The fourth-order valence-electron chi connectivity index (χ4n) is 8.03. The van der Waals surface area contributed by atoms with Gasteiger partial charge in [0.1, 0.15) is 18.1 Å². The van der Waals surface area contributed by atoms with Gasteiger partial charge in [-0.3, -0.25) is 14.5 Å². The Morgan fingerprint density at radius 3 is 2.32 bits per heavy atom. The van der Waals surface area contributed by atoms with Crippen molar-refractivity contribution in [3.8, 4) is 0 Å². The minimum atomic E-state index is -1.41. The molecule has 266 valence electrons. The van der Waals surface area contributed by atoms with Gasteiger partial charge in [0.2, 0.25) is 0 Å². The molecule has 4 rings (SSSR count). The van der Waals surface area contributed by atoms with E-state index in [-0.39, 0.29) is 36.5 Å². The molecule has 9 atom stereocenters. The Bertz CT molecular complexity index is 1180. The van der Waals surface area contributed by atoms with Gasteiger partial charge in [-0.2, -0.15) is 0 Å². The van der Waals surface area contributed by atoms with Crippen LogP contribution >= 0.6 is 0 Å². The van der Waals surface area contributed by atoms with Crippen LogP contribution in [-0.2, 0) is 35.0 Å².